The number of amidine groups is 1. The first kappa shape index (κ1) is 12.8. The molecule has 1 heterocycles. The summed E-state index contributed by atoms with van der Waals surface area (Å²) in [5.41, 5.74) is -0.787. The molecule has 0 saturated carbocycles. The van der Waals surface area contributed by atoms with Crippen molar-refractivity contribution >= 4 is 26.8 Å². The van der Waals surface area contributed by atoms with Crippen molar-refractivity contribution in [3.05, 3.63) is 30.3 Å². The average molecular weight is 313 g/mol. The summed E-state index contributed by atoms with van der Waals surface area (Å²) in [7, 11) is 0. The predicted molar refractivity (Wildman–Crippen MR) is 70.8 cm³/mol. The van der Waals surface area contributed by atoms with Crippen LogP contribution < -0.4 is 10.6 Å². The van der Waals surface area contributed by atoms with Crippen LogP contribution >= 0.6 is 15.9 Å². The highest BCUT2D eigenvalue weighted by Crippen LogP contribution is 2.27. The summed E-state index contributed by atoms with van der Waals surface area (Å²) >= 11 is 3.17. The largest absolute Gasteiger partial charge is 0.438 e. The molecule has 18 heavy (non-hydrogen) atoms. The van der Waals surface area contributed by atoms with E-state index in [1.165, 1.54) is 10.0 Å². The van der Waals surface area contributed by atoms with Gasteiger partial charge < -0.3 is 4.74 Å². The lowest BCUT2D eigenvalue weighted by molar-refractivity contribution is 0.0505. The van der Waals surface area contributed by atoms with Gasteiger partial charge in [0.05, 0.1) is 0 Å². The molecule has 7 heteroatoms. The minimum atomic E-state index is -0.787. The van der Waals surface area contributed by atoms with E-state index in [0.717, 1.165) is 0 Å². The highest BCUT2D eigenvalue weighted by atomic mass is 79.9. The number of ether oxygens (including phenoxy) is 1. The topological polar surface area (TPSA) is 71.2 Å². The number of nitrogens with two attached hydrogens (primary N) is 1. The molecule has 0 fully saturated rings. The molecule has 6 nitrogen and oxygen atoms in total. The number of nitrogens with zero attached hydrogens (tertiary/aromatic N) is 3. The molecule has 1 aromatic rings. The number of benzene rings is 1. The smallest absolute Gasteiger partial charge is 0.409 e. The summed E-state index contributed by atoms with van der Waals surface area (Å²) in [6.45, 7) is 3.52. The first-order chi connectivity index (χ1) is 8.43. The van der Waals surface area contributed by atoms with E-state index in [1.807, 2.05) is 6.07 Å². The second kappa shape index (κ2) is 4.58. The number of rotatable bonds is 1. The van der Waals surface area contributed by atoms with Gasteiger partial charge in [0, 0.05) is 0 Å². The van der Waals surface area contributed by atoms with Crippen molar-refractivity contribution in [2.24, 2.45) is 10.9 Å². The third kappa shape index (κ3) is 2.19. The fourth-order valence-corrected chi connectivity index (χ4v) is 2.07. The van der Waals surface area contributed by atoms with Gasteiger partial charge in [-0.25, -0.2) is 10.6 Å². The van der Waals surface area contributed by atoms with Crippen LogP contribution in [0.3, 0.4) is 0 Å². The zero-order valence-electron chi connectivity index (χ0n) is 10.0. The van der Waals surface area contributed by atoms with Crippen LogP contribution in [0.2, 0.25) is 0 Å². The molecule has 96 valence electrons. The Hall–Kier alpha value is -1.60. The Kier molecular flexibility index (Phi) is 3.27. The van der Waals surface area contributed by atoms with E-state index in [2.05, 4.69) is 21.0 Å². The van der Waals surface area contributed by atoms with Crippen molar-refractivity contribution in [1.29, 1.82) is 0 Å². The normalized spacial score (nSPS) is 17.7. The van der Waals surface area contributed by atoms with Gasteiger partial charge in [-0.15, -0.1) is 5.10 Å². The molecular formula is C11H13BrN4O2. The van der Waals surface area contributed by atoms with Gasteiger partial charge in [-0.3, -0.25) is 5.01 Å². The van der Waals surface area contributed by atoms with Crippen LogP contribution in [0.1, 0.15) is 13.8 Å². The molecule has 1 aliphatic heterocycles. The number of para-hydroxylation sites is 1. The summed E-state index contributed by atoms with van der Waals surface area (Å²) in [5.74, 6) is 6.24. The molecule has 0 atom stereocenters. The molecule has 1 aromatic carbocycles. The van der Waals surface area contributed by atoms with Crippen molar-refractivity contribution < 1.29 is 9.53 Å². The molecule has 0 radical (unpaired) electrons. The van der Waals surface area contributed by atoms with Crippen LogP contribution in [-0.4, -0.2) is 26.5 Å². The Balaban J connectivity index is 2.16. The van der Waals surface area contributed by atoms with E-state index in [1.54, 1.807) is 38.1 Å². The van der Waals surface area contributed by atoms with Crippen molar-refractivity contribution in [1.82, 2.24) is 10.0 Å². The van der Waals surface area contributed by atoms with Crippen molar-refractivity contribution in [2.45, 2.75) is 19.5 Å². The van der Waals surface area contributed by atoms with Gasteiger partial charge >= 0.3 is 6.09 Å². The summed E-state index contributed by atoms with van der Waals surface area (Å²) in [6.07, 6.45) is -0.587. The third-order valence-electron chi connectivity index (χ3n) is 2.61. The predicted octanol–water partition coefficient (Wildman–Crippen LogP) is 2.08. The molecular weight excluding hydrogens is 300 g/mol. The first-order valence-electron chi connectivity index (χ1n) is 5.29. The molecule has 1 aliphatic rings. The second-order valence-electron chi connectivity index (χ2n) is 4.23. The molecule has 0 saturated heterocycles. The molecule has 0 unspecified atom stereocenters. The Morgan fingerprint density at radius 2 is 2.00 bits per heavy atom. The Bertz CT molecular complexity index is 489. The van der Waals surface area contributed by atoms with Crippen LogP contribution in [-0.2, 0) is 0 Å². The summed E-state index contributed by atoms with van der Waals surface area (Å²) in [4.78, 5) is 12.0. The molecule has 2 N–H and O–H groups in total. The van der Waals surface area contributed by atoms with E-state index in [9.17, 15) is 4.79 Å². The fourth-order valence-electron chi connectivity index (χ4n) is 1.48. The van der Waals surface area contributed by atoms with Crippen molar-refractivity contribution in [3.8, 4) is 5.75 Å². The first-order valence-corrected chi connectivity index (χ1v) is 6.08. The number of hydrogen-bond acceptors (Lipinski definition) is 5. The highest BCUT2D eigenvalue weighted by molar-refractivity contribution is 9.18. The van der Waals surface area contributed by atoms with E-state index < -0.39 is 11.8 Å². The maximum atomic E-state index is 12.0. The molecule has 0 aliphatic carbocycles. The van der Waals surface area contributed by atoms with E-state index in [0.29, 0.717) is 10.5 Å². The van der Waals surface area contributed by atoms with Gasteiger partial charge in [-0.05, 0) is 41.9 Å². The highest BCUT2D eigenvalue weighted by Gasteiger charge is 2.43. The van der Waals surface area contributed by atoms with Crippen LogP contribution in [0, 0.1) is 0 Å². The van der Waals surface area contributed by atoms with E-state index >= 15 is 0 Å². The van der Waals surface area contributed by atoms with Gasteiger partial charge in [0.2, 0.25) is 4.74 Å². The number of hydrazone groups is 1. The maximum absolute atomic E-state index is 12.0. The number of carbonyl (C=O) groups is 1. The van der Waals surface area contributed by atoms with Crippen LogP contribution in [0.5, 0.6) is 5.75 Å². The minimum Gasteiger partial charge on any atom is -0.409 e. The standard InChI is InChI=1S/C11H13BrN4O2/c1-11(2)15(13)9(12)14-16(11)10(17)18-8-6-4-3-5-7-8/h3-7H,13H2,1-2H3. The number of amides is 1. The maximum Gasteiger partial charge on any atom is 0.438 e. The van der Waals surface area contributed by atoms with Gasteiger partial charge in [0.15, 0.2) is 5.66 Å². The lowest BCUT2D eigenvalue weighted by Crippen LogP contribution is -2.55. The Labute approximate surface area is 113 Å². The van der Waals surface area contributed by atoms with Gasteiger partial charge in [-0.2, -0.15) is 5.01 Å². The summed E-state index contributed by atoms with van der Waals surface area (Å²) in [5, 5.41) is 6.54. The number of halogens is 1. The van der Waals surface area contributed by atoms with E-state index in [4.69, 9.17) is 10.6 Å². The number of hydrogen-bond donors (Lipinski definition) is 1. The molecule has 0 spiro atoms. The zero-order valence-corrected chi connectivity index (χ0v) is 11.6. The number of hydrazine groups is 1. The number of carbonyl (C=O) groups excluding carboxylic acids is 1. The lowest BCUT2D eigenvalue weighted by Gasteiger charge is -2.33. The third-order valence-corrected chi connectivity index (χ3v) is 3.15. The molecule has 1 amide bonds. The van der Waals surface area contributed by atoms with Gasteiger partial charge in [-0.1, -0.05) is 18.2 Å². The zero-order chi connectivity index (χ0) is 13.3. The van der Waals surface area contributed by atoms with Crippen LogP contribution in [0.4, 0.5) is 4.79 Å². The van der Waals surface area contributed by atoms with Crippen LogP contribution in [0.25, 0.3) is 0 Å². The lowest BCUT2D eigenvalue weighted by atomic mass is 10.2. The average Bonchev–Trinajstić information content (AvgIpc) is 2.54. The molecule has 0 bridgehead atoms. The van der Waals surface area contributed by atoms with Gasteiger partial charge in [0.1, 0.15) is 5.75 Å². The minimum absolute atomic E-state index is 0.373. The van der Waals surface area contributed by atoms with Crippen molar-refractivity contribution in [3.63, 3.8) is 0 Å². The second-order valence-corrected chi connectivity index (χ2v) is 4.94. The van der Waals surface area contributed by atoms with Crippen molar-refractivity contribution in [2.75, 3.05) is 0 Å². The SMILES string of the molecule is CC1(C)N(N)C(Br)=NN1C(=O)Oc1ccccc1. The van der Waals surface area contributed by atoms with E-state index in [-0.39, 0.29) is 0 Å². The fraction of sp³-hybridized carbons (Fsp3) is 0.273. The van der Waals surface area contributed by atoms with Crippen LogP contribution in [0.15, 0.2) is 35.4 Å². The Morgan fingerprint density at radius 1 is 1.39 bits per heavy atom. The monoisotopic (exact) mass is 312 g/mol. The molecule has 2 rings (SSSR count). The summed E-state index contributed by atoms with van der Waals surface area (Å²) in [6, 6.07) is 8.80. The molecule has 0 aromatic heterocycles. The summed E-state index contributed by atoms with van der Waals surface area (Å²) < 4.78 is 5.58. The Morgan fingerprint density at radius 3 is 2.50 bits per heavy atom. The quantitative estimate of drug-likeness (QED) is 0.636. The van der Waals surface area contributed by atoms with Gasteiger partial charge in [0.25, 0.3) is 0 Å².